The second-order valence-corrected chi connectivity index (χ2v) is 9.12. The van der Waals surface area contributed by atoms with Crippen LogP contribution in [0.2, 0.25) is 0 Å². The third-order valence-corrected chi connectivity index (χ3v) is 5.84. The molecule has 2 amide bonds. The first-order chi connectivity index (χ1) is 15.8. The van der Waals surface area contributed by atoms with Gasteiger partial charge in [0.2, 0.25) is 5.91 Å². The van der Waals surface area contributed by atoms with Gasteiger partial charge in [-0.05, 0) is 32.4 Å². The van der Waals surface area contributed by atoms with E-state index in [-0.39, 0.29) is 30.1 Å². The normalized spacial score (nSPS) is 19.3. The molecule has 33 heavy (non-hydrogen) atoms. The maximum Gasteiger partial charge on any atom is 0.261 e. The number of hydrogen-bond acceptors (Lipinski definition) is 7. The Morgan fingerprint density at radius 2 is 2.21 bits per heavy atom. The number of anilines is 1. The fraction of sp³-hybridized carbons (Fsp3) is 0.391. The minimum absolute atomic E-state index is 0.133. The molecule has 2 aromatic heterocycles. The predicted molar refractivity (Wildman–Crippen MR) is 120 cm³/mol. The molecule has 2 aliphatic heterocycles. The Morgan fingerprint density at radius 3 is 3.03 bits per heavy atom. The van der Waals surface area contributed by atoms with Gasteiger partial charge in [0, 0.05) is 43.5 Å². The fourth-order valence-corrected chi connectivity index (χ4v) is 4.44. The van der Waals surface area contributed by atoms with E-state index in [1.165, 1.54) is 6.20 Å². The number of ether oxygens (including phenoxy) is 2. The number of hydrogen-bond donors (Lipinski definition) is 2. The molecule has 3 N–H and O–H groups in total. The molecule has 0 radical (unpaired) electrons. The molecule has 2 aliphatic rings. The van der Waals surface area contributed by atoms with Crippen LogP contribution in [0.4, 0.5) is 5.69 Å². The highest BCUT2D eigenvalue weighted by molar-refractivity contribution is 6.08. The number of rotatable bonds is 6. The monoisotopic (exact) mass is 450 g/mol. The standard InChI is InChI=1S/C23H26N6O4/c1-23(2)10-14-8-17(27-22(31)16-11-26-29-6-3-5-25-21(16)29)19(9-18(14)33-23)32-15-4-7-28(12-15)13-20(24)30/h3,5-6,8-9,11,15H,4,7,10,12-13H2,1-2H3,(H2,24,30)(H,27,31). The summed E-state index contributed by atoms with van der Waals surface area (Å²) in [6, 6.07) is 5.50. The van der Waals surface area contributed by atoms with Crippen molar-refractivity contribution in [3.05, 3.63) is 47.9 Å². The number of nitrogens with two attached hydrogens (primary N) is 1. The van der Waals surface area contributed by atoms with Crippen molar-refractivity contribution in [1.29, 1.82) is 0 Å². The SMILES string of the molecule is CC1(C)Cc2cc(NC(=O)c3cnn4cccnc34)c(OC3CCN(CC(N)=O)C3)cc2O1. The molecule has 10 nitrogen and oxygen atoms in total. The zero-order valence-corrected chi connectivity index (χ0v) is 18.6. The third kappa shape index (κ3) is 4.34. The van der Waals surface area contributed by atoms with Crippen LogP contribution in [0.15, 0.2) is 36.8 Å². The number of nitrogens with zero attached hydrogens (tertiary/aromatic N) is 4. The van der Waals surface area contributed by atoms with Crippen molar-refractivity contribution >= 4 is 23.1 Å². The lowest BCUT2D eigenvalue weighted by Gasteiger charge is -2.19. The van der Waals surface area contributed by atoms with Crippen LogP contribution in [-0.2, 0) is 11.2 Å². The molecule has 172 valence electrons. The lowest BCUT2D eigenvalue weighted by molar-refractivity contribution is -0.118. The second-order valence-electron chi connectivity index (χ2n) is 9.12. The van der Waals surface area contributed by atoms with Crippen LogP contribution < -0.4 is 20.5 Å². The van der Waals surface area contributed by atoms with Gasteiger partial charge in [0.15, 0.2) is 5.65 Å². The molecule has 1 unspecified atom stereocenters. The molecule has 4 heterocycles. The number of likely N-dealkylation sites (tertiary alicyclic amines) is 1. The summed E-state index contributed by atoms with van der Waals surface area (Å²) in [6.07, 6.45) is 6.19. The lowest BCUT2D eigenvalue weighted by atomic mass is 10.0. The Hall–Kier alpha value is -3.66. The molecule has 1 aromatic carbocycles. The lowest BCUT2D eigenvalue weighted by Crippen LogP contribution is -2.33. The summed E-state index contributed by atoms with van der Waals surface area (Å²) in [6.45, 7) is 5.55. The number of primary amides is 1. The van der Waals surface area contributed by atoms with Crippen molar-refractivity contribution < 1.29 is 19.1 Å². The quantitative estimate of drug-likeness (QED) is 0.585. The van der Waals surface area contributed by atoms with Crippen LogP contribution in [0, 0.1) is 0 Å². The van der Waals surface area contributed by atoms with Crippen molar-refractivity contribution in [2.75, 3.05) is 25.0 Å². The van der Waals surface area contributed by atoms with E-state index >= 15 is 0 Å². The number of fused-ring (bicyclic) bond motifs is 2. The van der Waals surface area contributed by atoms with Crippen LogP contribution in [0.25, 0.3) is 5.65 Å². The van der Waals surface area contributed by atoms with E-state index in [9.17, 15) is 9.59 Å². The Labute approximate surface area is 190 Å². The first-order valence-electron chi connectivity index (χ1n) is 10.9. The summed E-state index contributed by atoms with van der Waals surface area (Å²) < 4.78 is 13.9. The largest absolute Gasteiger partial charge is 0.487 e. The minimum atomic E-state index is -0.362. The molecular weight excluding hydrogens is 424 g/mol. The van der Waals surface area contributed by atoms with Crippen LogP contribution >= 0.6 is 0 Å². The summed E-state index contributed by atoms with van der Waals surface area (Å²) in [5.41, 5.74) is 7.39. The highest BCUT2D eigenvalue weighted by Gasteiger charge is 2.33. The van der Waals surface area contributed by atoms with Gasteiger partial charge < -0.3 is 20.5 Å². The first kappa shape index (κ1) is 21.2. The van der Waals surface area contributed by atoms with E-state index < -0.39 is 0 Å². The predicted octanol–water partition coefficient (Wildman–Crippen LogP) is 1.63. The van der Waals surface area contributed by atoms with Gasteiger partial charge in [-0.3, -0.25) is 14.5 Å². The molecule has 1 saturated heterocycles. The molecule has 10 heteroatoms. The molecule has 5 rings (SSSR count). The van der Waals surface area contributed by atoms with E-state index in [1.54, 1.807) is 23.0 Å². The number of carbonyl (C=O) groups is 2. The average molecular weight is 450 g/mol. The fourth-order valence-electron chi connectivity index (χ4n) is 4.44. The van der Waals surface area contributed by atoms with Crippen LogP contribution in [0.3, 0.4) is 0 Å². The smallest absolute Gasteiger partial charge is 0.261 e. The number of benzene rings is 1. The van der Waals surface area contributed by atoms with Crippen LogP contribution in [-0.4, -0.2) is 62.7 Å². The van der Waals surface area contributed by atoms with E-state index in [0.29, 0.717) is 29.2 Å². The van der Waals surface area contributed by atoms with Crippen LogP contribution in [0.1, 0.15) is 36.2 Å². The molecule has 1 fully saturated rings. The summed E-state index contributed by atoms with van der Waals surface area (Å²) in [5.74, 6) is 0.583. The van der Waals surface area contributed by atoms with Gasteiger partial charge >= 0.3 is 0 Å². The summed E-state index contributed by atoms with van der Waals surface area (Å²) in [7, 11) is 0. The maximum atomic E-state index is 13.1. The Balaban J connectivity index is 1.42. The van der Waals surface area contributed by atoms with Gasteiger partial charge in [0.1, 0.15) is 28.8 Å². The number of amides is 2. The van der Waals surface area contributed by atoms with Gasteiger partial charge in [-0.15, -0.1) is 0 Å². The molecule has 3 aromatic rings. The molecule has 0 aliphatic carbocycles. The summed E-state index contributed by atoms with van der Waals surface area (Å²) in [4.78, 5) is 30.6. The molecule has 0 bridgehead atoms. The van der Waals surface area contributed by atoms with Gasteiger partial charge in [-0.2, -0.15) is 5.10 Å². The van der Waals surface area contributed by atoms with Gasteiger partial charge in [0.05, 0.1) is 18.4 Å². The Kier molecular flexibility index (Phi) is 5.16. The summed E-state index contributed by atoms with van der Waals surface area (Å²) >= 11 is 0. The molecule has 1 atom stereocenters. The highest BCUT2D eigenvalue weighted by Crippen LogP contribution is 2.42. The average Bonchev–Trinajstić information content (AvgIpc) is 3.43. The van der Waals surface area contributed by atoms with Crippen LogP contribution in [0.5, 0.6) is 11.5 Å². The van der Waals surface area contributed by atoms with Crippen molar-refractivity contribution in [1.82, 2.24) is 19.5 Å². The second kappa shape index (κ2) is 8.04. The Bertz CT molecular complexity index is 1240. The zero-order chi connectivity index (χ0) is 23.2. The summed E-state index contributed by atoms with van der Waals surface area (Å²) in [5, 5.41) is 7.17. The molecule has 0 saturated carbocycles. The third-order valence-electron chi connectivity index (χ3n) is 5.84. The van der Waals surface area contributed by atoms with E-state index in [2.05, 4.69) is 15.4 Å². The number of aromatic nitrogens is 3. The van der Waals surface area contributed by atoms with E-state index in [0.717, 1.165) is 30.7 Å². The van der Waals surface area contributed by atoms with Crippen molar-refractivity contribution in [3.63, 3.8) is 0 Å². The number of carbonyl (C=O) groups excluding carboxylic acids is 2. The topological polar surface area (TPSA) is 124 Å². The maximum absolute atomic E-state index is 13.1. The van der Waals surface area contributed by atoms with E-state index in [4.69, 9.17) is 15.2 Å². The zero-order valence-electron chi connectivity index (χ0n) is 18.6. The number of nitrogens with one attached hydrogen (secondary N) is 1. The van der Waals surface area contributed by atoms with Gasteiger partial charge in [-0.1, -0.05) is 0 Å². The van der Waals surface area contributed by atoms with Gasteiger partial charge in [-0.25, -0.2) is 9.50 Å². The van der Waals surface area contributed by atoms with Gasteiger partial charge in [0.25, 0.3) is 5.91 Å². The molecule has 0 spiro atoms. The highest BCUT2D eigenvalue weighted by atomic mass is 16.5. The first-order valence-corrected chi connectivity index (χ1v) is 10.9. The van der Waals surface area contributed by atoms with E-state index in [1.807, 2.05) is 30.9 Å². The van der Waals surface area contributed by atoms with Crippen molar-refractivity contribution in [2.45, 2.75) is 38.4 Å². The minimum Gasteiger partial charge on any atom is -0.487 e. The van der Waals surface area contributed by atoms with Crippen molar-refractivity contribution in [3.8, 4) is 11.5 Å². The molecular formula is C23H26N6O4. The van der Waals surface area contributed by atoms with Crippen molar-refractivity contribution in [2.24, 2.45) is 5.73 Å². The Morgan fingerprint density at radius 1 is 1.36 bits per heavy atom.